The van der Waals surface area contributed by atoms with Crippen LogP contribution < -0.4 is 4.74 Å². The van der Waals surface area contributed by atoms with Crippen molar-refractivity contribution in [2.45, 2.75) is 43.4 Å². The second-order valence-corrected chi connectivity index (χ2v) is 8.67. The summed E-state index contributed by atoms with van der Waals surface area (Å²) in [5, 5.41) is 0. The van der Waals surface area contributed by atoms with Gasteiger partial charge in [-0.2, -0.15) is 0 Å². The van der Waals surface area contributed by atoms with Gasteiger partial charge in [0.25, 0.3) is 5.91 Å². The summed E-state index contributed by atoms with van der Waals surface area (Å²) in [6.07, 6.45) is 7.41. The molecular formula is C24H29N3O3. The van der Waals surface area contributed by atoms with Gasteiger partial charge < -0.3 is 14.4 Å². The summed E-state index contributed by atoms with van der Waals surface area (Å²) in [6, 6.07) is 12.6. The summed E-state index contributed by atoms with van der Waals surface area (Å²) in [6.45, 7) is 3.32. The number of aromatic nitrogens is 1. The van der Waals surface area contributed by atoms with E-state index in [9.17, 15) is 4.79 Å². The molecule has 1 spiro atoms. The molecule has 0 unspecified atom stereocenters. The average molecular weight is 408 g/mol. The quantitative estimate of drug-likeness (QED) is 0.763. The number of likely N-dealkylation sites (tertiary alicyclic amines) is 1. The molecule has 0 bridgehead atoms. The first-order valence-electron chi connectivity index (χ1n) is 10.9. The summed E-state index contributed by atoms with van der Waals surface area (Å²) in [5.41, 5.74) is 1.38. The minimum absolute atomic E-state index is 0.0120. The fourth-order valence-electron chi connectivity index (χ4n) is 5.08. The van der Waals surface area contributed by atoms with Gasteiger partial charge in [0.2, 0.25) is 0 Å². The lowest BCUT2D eigenvalue weighted by atomic mass is 9.83. The van der Waals surface area contributed by atoms with Crippen LogP contribution in [0.1, 0.15) is 36.3 Å². The average Bonchev–Trinajstić information content (AvgIpc) is 3.11. The number of morpholine rings is 1. The predicted octanol–water partition coefficient (Wildman–Crippen LogP) is 2.84. The highest BCUT2D eigenvalue weighted by Crippen LogP contribution is 2.44. The molecular weight excluding hydrogens is 378 g/mol. The van der Waals surface area contributed by atoms with Crippen LogP contribution in [0.5, 0.6) is 5.75 Å². The molecule has 1 aliphatic carbocycles. The molecule has 1 aromatic heterocycles. The third-order valence-corrected chi connectivity index (χ3v) is 7.00. The van der Waals surface area contributed by atoms with Crippen LogP contribution in [0.4, 0.5) is 0 Å². The number of rotatable bonds is 5. The largest absolute Gasteiger partial charge is 0.497 e. The molecule has 2 saturated heterocycles. The molecule has 3 fully saturated rings. The Morgan fingerprint density at radius 3 is 2.73 bits per heavy atom. The molecule has 3 heterocycles. The Kier molecular flexibility index (Phi) is 5.21. The highest BCUT2D eigenvalue weighted by atomic mass is 16.5. The summed E-state index contributed by atoms with van der Waals surface area (Å²) in [7, 11) is 1.66. The molecule has 30 heavy (non-hydrogen) atoms. The maximum atomic E-state index is 13.9. The van der Waals surface area contributed by atoms with E-state index in [2.05, 4.69) is 16.0 Å². The van der Waals surface area contributed by atoms with Crippen LogP contribution in [0.25, 0.3) is 0 Å². The van der Waals surface area contributed by atoms with Crippen molar-refractivity contribution >= 4 is 5.91 Å². The molecule has 1 amide bonds. The second-order valence-electron chi connectivity index (χ2n) is 8.67. The van der Waals surface area contributed by atoms with Crippen LogP contribution >= 0.6 is 0 Å². The summed E-state index contributed by atoms with van der Waals surface area (Å²) >= 11 is 0. The van der Waals surface area contributed by atoms with Gasteiger partial charge in [0, 0.05) is 50.5 Å². The molecule has 158 valence electrons. The molecule has 3 aliphatic rings. The van der Waals surface area contributed by atoms with Crippen molar-refractivity contribution in [1.82, 2.24) is 14.8 Å². The molecule has 2 aromatic rings. The fourth-order valence-corrected chi connectivity index (χ4v) is 5.08. The third kappa shape index (κ3) is 3.38. The number of nitrogens with zero attached hydrogens (tertiary/aromatic N) is 3. The van der Waals surface area contributed by atoms with Crippen LogP contribution in [0.3, 0.4) is 0 Å². The van der Waals surface area contributed by atoms with Crippen LogP contribution in [-0.2, 0) is 16.1 Å². The second kappa shape index (κ2) is 8.00. The van der Waals surface area contributed by atoms with E-state index >= 15 is 0 Å². The van der Waals surface area contributed by atoms with Crippen molar-refractivity contribution in [2.24, 2.45) is 0 Å². The molecule has 2 aliphatic heterocycles. The molecule has 2 atom stereocenters. The monoisotopic (exact) mass is 407 g/mol. The maximum absolute atomic E-state index is 13.9. The van der Waals surface area contributed by atoms with E-state index in [1.165, 1.54) is 19.3 Å². The van der Waals surface area contributed by atoms with Gasteiger partial charge in [-0.3, -0.25) is 14.7 Å². The molecule has 1 saturated carbocycles. The number of hydrogen-bond acceptors (Lipinski definition) is 5. The number of hydrogen-bond donors (Lipinski definition) is 0. The van der Waals surface area contributed by atoms with Crippen molar-refractivity contribution in [2.75, 3.05) is 33.4 Å². The smallest absolute Gasteiger partial charge is 0.257 e. The van der Waals surface area contributed by atoms with E-state index < -0.39 is 5.60 Å². The molecule has 1 aromatic carbocycles. The lowest BCUT2D eigenvalue weighted by Gasteiger charge is -2.43. The fraction of sp³-hybridized carbons (Fsp3) is 0.500. The van der Waals surface area contributed by atoms with E-state index in [0.717, 1.165) is 23.4 Å². The van der Waals surface area contributed by atoms with Gasteiger partial charge in [-0.05, 0) is 42.2 Å². The zero-order valence-electron chi connectivity index (χ0n) is 17.5. The highest BCUT2D eigenvalue weighted by Gasteiger charge is 2.58. The number of ether oxygens (including phenoxy) is 2. The van der Waals surface area contributed by atoms with E-state index in [1.807, 2.05) is 41.4 Å². The van der Waals surface area contributed by atoms with Gasteiger partial charge in [-0.1, -0.05) is 24.6 Å². The molecule has 0 radical (unpaired) electrons. The van der Waals surface area contributed by atoms with Gasteiger partial charge >= 0.3 is 0 Å². The number of carbonyl (C=O) groups is 1. The van der Waals surface area contributed by atoms with E-state index in [-0.39, 0.29) is 11.8 Å². The first kappa shape index (κ1) is 19.5. The third-order valence-electron chi connectivity index (χ3n) is 7.00. The highest BCUT2D eigenvalue weighted by molar-refractivity contribution is 5.88. The van der Waals surface area contributed by atoms with Crippen LogP contribution in [0.15, 0.2) is 48.8 Å². The number of methoxy groups -OCH3 is 1. The standard InChI is InChI=1S/C24H29N3O3/c1-29-21-9-7-18(8-10-21)15-26-12-13-30-24(23(26)28)17-27(20-5-2-6-20)16-22(24)19-4-3-11-25-14-19/h3-4,7-11,14,20,22H,2,5-6,12-13,15-17H2,1H3/t22-,24+/m0/s1. The Hall–Kier alpha value is -2.44. The Bertz CT molecular complexity index is 884. The number of pyridine rings is 1. The van der Waals surface area contributed by atoms with Crippen LogP contribution in [0.2, 0.25) is 0 Å². The summed E-state index contributed by atoms with van der Waals surface area (Å²) in [4.78, 5) is 22.6. The van der Waals surface area contributed by atoms with Gasteiger partial charge in [0.15, 0.2) is 5.60 Å². The first-order chi connectivity index (χ1) is 14.7. The first-order valence-corrected chi connectivity index (χ1v) is 10.9. The van der Waals surface area contributed by atoms with Crippen molar-refractivity contribution in [1.29, 1.82) is 0 Å². The lowest BCUT2D eigenvalue weighted by molar-refractivity contribution is -0.173. The molecule has 0 N–H and O–H groups in total. The Morgan fingerprint density at radius 2 is 2.07 bits per heavy atom. The van der Waals surface area contributed by atoms with Gasteiger partial charge in [-0.25, -0.2) is 0 Å². The topological polar surface area (TPSA) is 54.9 Å². The minimum atomic E-state index is -0.816. The Labute approximate surface area is 177 Å². The molecule has 5 rings (SSSR count). The Morgan fingerprint density at radius 1 is 1.23 bits per heavy atom. The zero-order valence-corrected chi connectivity index (χ0v) is 17.5. The van der Waals surface area contributed by atoms with E-state index in [1.54, 1.807) is 13.3 Å². The van der Waals surface area contributed by atoms with Crippen LogP contribution in [-0.4, -0.2) is 65.7 Å². The number of amides is 1. The number of carbonyl (C=O) groups excluding carboxylic acids is 1. The summed E-state index contributed by atoms with van der Waals surface area (Å²) < 4.78 is 11.6. The normalized spacial score (nSPS) is 27.4. The predicted molar refractivity (Wildman–Crippen MR) is 113 cm³/mol. The van der Waals surface area contributed by atoms with E-state index in [4.69, 9.17) is 9.47 Å². The van der Waals surface area contributed by atoms with Crippen LogP contribution in [0, 0.1) is 0 Å². The SMILES string of the molecule is COc1ccc(CN2CCO[C@@]3(CN(C4CCC4)C[C@H]3c3cccnc3)C2=O)cc1. The van der Waals surface area contributed by atoms with Crippen molar-refractivity contribution in [3.8, 4) is 5.75 Å². The molecule has 6 nitrogen and oxygen atoms in total. The minimum Gasteiger partial charge on any atom is -0.497 e. The van der Waals surface area contributed by atoms with Gasteiger partial charge in [0.1, 0.15) is 5.75 Å². The van der Waals surface area contributed by atoms with E-state index in [0.29, 0.717) is 32.3 Å². The van der Waals surface area contributed by atoms with Gasteiger partial charge in [-0.15, -0.1) is 0 Å². The van der Waals surface area contributed by atoms with Gasteiger partial charge in [0.05, 0.1) is 13.7 Å². The lowest BCUT2D eigenvalue weighted by Crippen LogP contribution is -2.60. The van der Waals surface area contributed by atoms with Crippen molar-refractivity contribution in [3.63, 3.8) is 0 Å². The number of benzene rings is 1. The zero-order chi connectivity index (χ0) is 20.6. The molecule has 6 heteroatoms. The Balaban J connectivity index is 1.42. The van der Waals surface area contributed by atoms with Crippen molar-refractivity contribution in [3.05, 3.63) is 59.9 Å². The summed E-state index contributed by atoms with van der Waals surface area (Å²) in [5.74, 6) is 0.949. The maximum Gasteiger partial charge on any atom is 0.257 e. The van der Waals surface area contributed by atoms with Crippen molar-refractivity contribution < 1.29 is 14.3 Å².